The van der Waals surface area contributed by atoms with E-state index < -0.39 is 0 Å². The Balaban J connectivity index is 1.82. The molecule has 0 unspecified atom stereocenters. The smallest absolute Gasteiger partial charge is 0.0349 e. The van der Waals surface area contributed by atoms with Gasteiger partial charge in [-0.1, -0.05) is 72.8 Å². The van der Waals surface area contributed by atoms with E-state index in [0.717, 1.165) is 6.42 Å². The highest BCUT2D eigenvalue weighted by molar-refractivity contribution is 7.17. The summed E-state index contributed by atoms with van der Waals surface area (Å²) >= 11 is 1.82. The van der Waals surface area contributed by atoms with Crippen LogP contribution in [0.4, 0.5) is 0 Å². The molecule has 0 radical (unpaired) electrons. The molecule has 4 rings (SSSR count). The SMILES string of the molecule is c1ccc(Cc2ccccc2-c2csc3ccccc23)cc1. The van der Waals surface area contributed by atoms with Gasteiger partial charge in [0.25, 0.3) is 0 Å². The molecule has 1 heteroatoms. The predicted molar refractivity (Wildman–Crippen MR) is 96.5 cm³/mol. The quantitative estimate of drug-likeness (QED) is 0.425. The topological polar surface area (TPSA) is 0 Å². The molecule has 0 saturated heterocycles. The van der Waals surface area contributed by atoms with Gasteiger partial charge >= 0.3 is 0 Å². The monoisotopic (exact) mass is 300 g/mol. The highest BCUT2D eigenvalue weighted by Crippen LogP contribution is 2.36. The second-order valence-electron chi connectivity index (χ2n) is 5.47. The van der Waals surface area contributed by atoms with Gasteiger partial charge in [0, 0.05) is 15.6 Å². The minimum Gasteiger partial charge on any atom is -0.143 e. The van der Waals surface area contributed by atoms with Gasteiger partial charge in [-0.15, -0.1) is 11.3 Å². The fourth-order valence-corrected chi connectivity index (χ4v) is 3.90. The van der Waals surface area contributed by atoms with Gasteiger partial charge in [-0.2, -0.15) is 0 Å². The van der Waals surface area contributed by atoms with E-state index in [9.17, 15) is 0 Å². The van der Waals surface area contributed by atoms with Crippen LogP contribution < -0.4 is 0 Å². The second kappa shape index (κ2) is 5.78. The Labute approximate surface area is 134 Å². The zero-order valence-corrected chi connectivity index (χ0v) is 13.0. The highest BCUT2D eigenvalue weighted by Gasteiger charge is 2.10. The maximum Gasteiger partial charge on any atom is 0.0349 e. The molecule has 0 atom stereocenters. The molecule has 0 aliphatic carbocycles. The van der Waals surface area contributed by atoms with Crippen molar-refractivity contribution in [3.8, 4) is 11.1 Å². The van der Waals surface area contributed by atoms with E-state index in [4.69, 9.17) is 0 Å². The largest absolute Gasteiger partial charge is 0.143 e. The van der Waals surface area contributed by atoms with Crippen molar-refractivity contribution in [2.24, 2.45) is 0 Å². The van der Waals surface area contributed by atoms with Crippen molar-refractivity contribution in [1.29, 1.82) is 0 Å². The van der Waals surface area contributed by atoms with Crippen LogP contribution in [-0.2, 0) is 6.42 Å². The molecule has 0 spiro atoms. The molecule has 1 heterocycles. The molecule has 4 aromatic rings. The first-order valence-electron chi connectivity index (χ1n) is 7.50. The summed E-state index contributed by atoms with van der Waals surface area (Å²) in [5, 5.41) is 3.64. The molecule has 0 bridgehead atoms. The lowest BCUT2D eigenvalue weighted by Crippen LogP contribution is -1.91. The maximum atomic E-state index is 2.29. The number of hydrogen-bond acceptors (Lipinski definition) is 1. The number of rotatable bonds is 3. The summed E-state index contributed by atoms with van der Waals surface area (Å²) in [5.74, 6) is 0. The Morgan fingerprint density at radius 2 is 1.36 bits per heavy atom. The fourth-order valence-electron chi connectivity index (χ4n) is 2.94. The average molecular weight is 300 g/mol. The van der Waals surface area contributed by atoms with Gasteiger partial charge in [0.05, 0.1) is 0 Å². The first-order chi connectivity index (χ1) is 10.9. The lowest BCUT2D eigenvalue weighted by molar-refractivity contribution is 1.20. The zero-order chi connectivity index (χ0) is 14.8. The van der Waals surface area contributed by atoms with Crippen LogP contribution in [0.15, 0.2) is 84.2 Å². The Bertz CT molecular complexity index is 903. The van der Waals surface area contributed by atoms with Gasteiger partial charge in [0.1, 0.15) is 0 Å². The summed E-state index contributed by atoms with van der Waals surface area (Å²) in [5.41, 5.74) is 5.45. The second-order valence-corrected chi connectivity index (χ2v) is 6.38. The molecule has 1 aromatic heterocycles. The van der Waals surface area contributed by atoms with E-state index in [1.54, 1.807) is 0 Å². The van der Waals surface area contributed by atoms with E-state index in [-0.39, 0.29) is 0 Å². The Morgan fingerprint density at radius 3 is 2.27 bits per heavy atom. The molecule has 0 amide bonds. The molecule has 0 N–H and O–H groups in total. The normalized spacial score (nSPS) is 10.9. The van der Waals surface area contributed by atoms with Gasteiger partial charge in [0.15, 0.2) is 0 Å². The minimum absolute atomic E-state index is 0.973. The van der Waals surface area contributed by atoms with E-state index in [1.807, 2.05) is 11.3 Å². The van der Waals surface area contributed by atoms with Crippen molar-refractivity contribution in [1.82, 2.24) is 0 Å². The molecule has 0 fully saturated rings. The number of thiophene rings is 1. The fraction of sp³-hybridized carbons (Fsp3) is 0.0476. The first kappa shape index (κ1) is 13.3. The summed E-state index contributed by atoms with van der Waals surface area (Å²) in [6.07, 6.45) is 0.973. The van der Waals surface area contributed by atoms with Crippen molar-refractivity contribution in [2.75, 3.05) is 0 Å². The van der Waals surface area contributed by atoms with Crippen LogP contribution in [0.25, 0.3) is 21.2 Å². The molecule has 3 aromatic carbocycles. The zero-order valence-electron chi connectivity index (χ0n) is 12.2. The van der Waals surface area contributed by atoms with Crippen molar-refractivity contribution < 1.29 is 0 Å². The number of benzene rings is 3. The molecular formula is C21H16S. The van der Waals surface area contributed by atoms with Gasteiger partial charge in [-0.25, -0.2) is 0 Å². The van der Waals surface area contributed by atoms with Crippen molar-refractivity contribution in [3.05, 3.63) is 95.4 Å². The molecule has 0 aliphatic rings. The van der Waals surface area contributed by atoms with Gasteiger partial charge in [-0.3, -0.25) is 0 Å². The Morgan fingerprint density at radius 1 is 0.636 bits per heavy atom. The molecule has 0 aliphatic heterocycles. The Kier molecular flexibility index (Phi) is 3.49. The van der Waals surface area contributed by atoms with Crippen LogP contribution in [0.5, 0.6) is 0 Å². The van der Waals surface area contributed by atoms with Gasteiger partial charge in [0.2, 0.25) is 0 Å². The van der Waals surface area contributed by atoms with Crippen molar-refractivity contribution in [3.63, 3.8) is 0 Å². The van der Waals surface area contributed by atoms with E-state index in [0.29, 0.717) is 0 Å². The summed E-state index contributed by atoms with van der Waals surface area (Å²) < 4.78 is 1.35. The molecular weight excluding hydrogens is 284 g/mol. The minimum atomic E-state index is 0.973. The van der Waals surface area contributed by atoms with Gasteiger partial charge < -0.3 is 0 Å². The predicted octanol–water partition coefficient (Wildman–Crippen LogP) is 6.16. The van der Waals surface area contributed by atoms with Crippen LogP contribution in [0, 0.1) is 0 Å². The van der Waals surface area contributed by atoms with Crippen molar-refractivity contribution in [2.45, 2.75) is 6.42 Å². The van der Waals surface area contributed by atoms with E-state index >= 15 is 0 Å². The third-order valence-corrected chi connectivity index (χ3v) is 4.99. The summed E-state index contributed by atoms with van der Waals surface area (Å²) in [7, 11) is 0. The summed E-state index contributed by atoms with van der Waals surface area (Å²) in [6.45, 7) is 0. The van der Waals surface area contributed by atoms with Gasteiger partial charge in [-0.05, 0) is 34.6 Å². The summed E-state index contributed by atoms with van der Waals surface area (Å²) in [6, 6.07) is 28.1. The van der Waals surface area contributed by atoms with Crippen LogP contribution in [-0.4, -0.2) is 0 Å². The lowest BCUT2D eigenvalue weighted by atomic mass is 9.95. The maximum absolute atomic E-state index is 2.29. The van der Waals surface area contributed by atoms with Crippen LogP contribution in [0.2, 0.25) is 0 Å². The van der Waals surface area contributed by atoms with E-state index in [1.165, 1.54) is 32.3 Å². The molecule has 0 saturated carbocycles. The standard InChI is InChI=1S/C21H16S/c1-2-8-16(9-3-1)14-17-10-4-5-11-18(17)20-15-22-21-13-7-6-12-19(20)21/h1-13,15H,14H2. The Hall–Kier alpha value is -2.38. The lowest BCUT2D eigenvalue weighted by Gasteiger charge is -2.09. The van der Waals surface area contributed by atoms with E-state index in [2.05, 4.69) is 84.2 Å². The first-order valence-corrected chi connectivity index (χ1v) is 8.38. The molecule has 106 valence electrons. The average Bonchev–Trinajstić information content (AvgIpc) is 3.00. The molecule has 22 heavy (non-hydrogen) atoms. The third-order valence-electron chi connectivity index (χ3n) is 4.03. The van der Waals surface area contributed by atoms with Crippen LogP contribution >= 0.6 is 11.3 Å². The number of fused-ring (bicyclic) bond motifs is 1. The summed E-state index contributed by atoms with van der Waals surface area (Å²) in [4.78, 5) is 0. The third kappa shape index (κ3) is 2.44. The van der Waals surface area contributed by atoms with Crippen LogP contribution in [0.1, 0.15) is 11.1 Å². The molecule has 0 nitrogen and oxygen atoms in total. The van der Waals surface area contributed by atoms with Crippen LogP contribution in [0.3, 0.4) is 0 Å². The highest BCUT2D eigenvalue weighted by atomic mass is 32.1. The number of hydrogen-bond donors (Lipinski definition) is 0. The van der Waals surface area contributed by atoms with Crippen molar-refractivity contribution >= 4 is 21.4 Å².